The van der Waals surface area contributed by atoms with E-state index in [0.29, 0.717) is 0 Å². The zero-order valence-electron chi connectivity index (χ0n) is 15.4. The molecule has 0 atom stereocenters. The molecule has 0 heterocycles. The first-order valence-electron chi connectivity index (χ1n) is 9.21. The third kappa shape index (κ3) is 4.10. The summed E-state index contributed by atoms with van der Waals surface area (Å²) in [7, 11) is 0. The van der Waals surface area contributed by atoms with Crippen LogP contribution in [0.1, 0.15) is 13.8 Å². The monoisotopic (exact) mass is 336 g/mol. The van der Waals surface area contributed by atoms with Gasteiger partial charge in [0.2, 0.25) is 0 Å². The van der Waals surface area contributed by atoms with E-state index in [1.807, 2.05) is 19.9 Å². The van der Waals surface area contributed by atoms with Gasteiger partial charge in [-0.3, -0.25) is 0 Å². The number of hydrogen-bond acceptors (Lipinski definition) is 0. The van der Waals surface area contributed by atoms with Crippen LogP contribution < -0.4 is 0 Å². The van der Waals surface area contributed by atoms with E-state index in [0.717, 1.165) is 0 Å². The molecular weight excluding hydrogens is 312 g/mol. The fraction of sp³-hybridized carbons (Fsp3) is 0.0769. The van der Waals surface area contributed by atoms with Crippen molar-refractivity contribution in [3.8, 4) is 33.4 Å². The van der Waals surface area contributed by atoms with Gasteiger partial charge < -0.3 is 0 Å². The first kappa shape index (κ1) is 17.7. The van der Waals surface area contributed by atoms with E-state index in [1.54, 1.807) is 0 Å². The normalized spacial score (nSPS) is 9.92. The van der Waals surface area contributed by atoms with Crippen LogP contribution in [0.25, 0.3) is 33.4 Å². The van der Waals surface area contributed by atoms with E-state index in [2.05, 4.69) is 103 Å². The van der Waals surface area contributed by atoms with Crippen LogP contribution >= 0.6 is 0 Å². The quantitative estimate of drug-likeness (QED) is 0.359. The van der Waals surface area contributed by atoms with Gasteiger partial charge in [0.05, 0.1) is 0 Å². The van der Waals surface area contributed by atoms with E-state index < -0.39 is 0 Å². The van der Waals surface area contributed by atoms with Crippen molar-refractivity contribution in [1.82, 2.24) is 0 Å². The highest BCUT2D eigenvalue weighted by Crippen LogP contribution is 2.28. The first-order valence-corrected chi connectivity index (χ1v) is 9.21. The molecule has 0 saturated heterocycles. The Labute approximate surface area is 156 Å². The van der Waals surface area contributed by atoms with Gasteiger partial charge in [0.15, 0.2) is 0 Å². The summed E-state index contributed by atoms with van der Waals surface area (Å²) in [5.41, 5.74) is 7.49. The molecule has 26 heavy (non-hydrogen) atoms. The average molecular weight is 336 g/mol. The third-order valence-corrected chi connectivity index (χ3v) is 4.30. The van der Waals surface area contributed by atoms with Crippen LogP contribution in [0.2, 0.25) is 0 Å². The Balaban J connectivity index is 0.000000948. The smallest absolute Gasteiger partial charge is 0.0178 e. The number of hydrogen-bond donors (Lipinski definition) is 0. The van der Waals surface area contributed by atoms with Crippen LogP contribution in [0.3, 0.4) is 0 Å². The zero-order valence-corrected chi connectivity index (χ0v) is 15.4. The van der Waals surface area contributed by atoms with Crippen molar-refractivity contribution in [3.63, 3.8) is 0 Å². The molecule has 4 aromatic rings. The van der Waals surface area contributed by atoms with E-state index in [-0.39, 0.29) is 0 Å². The summed E-state index contributed by atoms with van der Waals surface area (Å²) in [5.74, 6) is 0. The molecule has 4 aromatic carbocycles. The fourth-order valence-electron chi connectivity index (χ4n) is 2.99. The second-order valence-corrected chi connectivity index (χ2v) is 5.89. The fourth-order valence-corrected chi connectivity index (χ4v) is 2.99. The average Bonchev–Trinajstić information content (AvgIpc) is 2.77. The Kier molecular flexibility index (Phi) is 6.01. The minimum absolute atomic E-state index is 1.24. The third-order valence-electron chi connectivity index (χ3n) is 4.30. The van der Waals surface area contributed by atoms with Crippen molar-refractivity contribution in [3.05, 3.63) is 109 Å². The van der Waals surface area contributed by atoms with E-state index in [1.165, 1.54) is 33.4 Å². The lowest BCUT2D eigenvalue weighted by Crippen LogP contribution is -1.82. The second kappa shape index (κ2) is 8.82. The Morgan fingerprint density at radius 1 is 0.308 bits per heavy atom. The lowest BCUT2D eigenvalue weighted by atomic mass is 9.97. The summed E-state index contributed by atoms with van der Waals surface area (Å²) < 4.78 is 0. The molecule has 0 aromatic heterocycles. The molecule has 0 fully saturated rings. The van der Waals surface area contributed by atoms with E-state index in [9.17, 15) is 0 Å². The van der Waals surface area contributed by atoms with Gasteiger partial charge >= 0.3 is 0 Å². The Morgan fingerprint density at radius 3 is 1.08 bits per heavy atom. The highest BCUT2D eigenvalue weighted by Gasteiger charge is 2.02. The number of benzene rings is 4. The largest absolute Gasteiger partial charge is 0.0683 e. The molecule has 0 N–H and O–H groups in total. The maximum atomic E-state index is 2.26. The van der Waals surface area contributed by atoms with Gasteiger partial charge in [0.1, 0.15) is 0 Å². The van der Waals surface area contributed by atoms with Crippen LogP contribution in [0.4, 0.5) is 0 Å². The van der Waals surface area contributed by atoms with Gasteiger partial charge in [-0.05, 0) is 39.4 Å². The van der Waals surface area contributed by atoms with Gasteiger partial charge in [-0.2, -0.15) is 0 Å². The van der Waals surface area contributed by atoms with Gasteiger partial charge in [-0.1, -0.05) is 117 Å². The Morgan fingerprint density at radius 2 is 0.615 bits per heavy atom. The summed E-state index contributed by atoms with van der Waals surface area (Å²) in [5, 5.41) is 0. The van der Waals surface area contributed by atoms with Gasteiger partial charge in [-0.15, -0.1) is 0 Å². The van der Waals surface area contributed by atoms with Gasteiger partial charge in [-0.25, -0.2) is 0 Å². The standard InChI is InChI=1S/C24H18.C2H6/c1-3-8-19(9-4-1)21-14-16-22(17-15-21)24-13-7-12-23(18-24)20-10-5-2-6-11-20;1-2/h1-18H;1-2H3. The molecule has 0 saturated carbocycles. The molecule has 0 aliphatic carbocycles. The molecular formula is C26H24. The predicted molar refractivity (Wildman–Crippen MR) is 114 cm³/mol. The molecule has 0 bridgehead atoms. The zero-order chi connectivity index (χ0) is 18.2. The minimum atomic E-state index is 1.24. The van der Waals surface area contributed by atoms with Crippen molar-refractivity contribution >= 4 is 0 Å². The lowest BCUT2D eigenvalue weighted by molar-refractivity contribution is 1.50. The summed E-state index contributed by atoms with van der Waals surface area (Å²) in [6, 6.07) is 38.5. The first-order chi connectivity index (χ1) is 12.9. The van der Waals surface area contributed by atoms with Crippen LogP contribution in [-0.4, -0.2) is 0 Å². The second-order valence-electron chi connectivity index (χ2n) is 5.89. The maximum Gasteiger partial charge on any atom is -0.0178 e. The van der Waals surface area contributed by atoms with Crippen molar-refractivity contribution in [1.29, 1.82) is 0 Å². The molecule has 0 unspecified atom stereocenters. The molecule has 0 nitrogen and oxygen atoms in total. The Bertz CT molecular complexity index is 920. The molecule has 0 heteroatoms. The van der Waals surface area contributed by atoms with Crippen molar-refractivity contribution < 1.29 is 0 Å². The summed E-state index contributed by atoms with van der Waals surface area (Å²) in [6.07, 6.45) is 0. The topological polar surface area (TPSA) is 0 Å². The van der Waals surface area contributed by atoms with Crippen molar-refractivity contribution in [2.45, 2.75) is 13.8 Å². The van der Waals surface area contributed by atoms with Gasteiger partial charge in [0.25, 0.3) is 0 Å². The Hall–Kier alpha value is -3.12. The van der Waals surface area contributed by atoms with E-state index >= 15 is 0 Å². The minimum Gasteiger partial charge on any atom is -0.0683 e. The highest BCUT2D eigenvalue weighted by atomic mass is 14.1. The molecule has 4 rings (SSSR count). The van der Waals surface area contributed by atoms with Crippen LogP contribution in [-0.2, 0) is 0 Å². The molecule has 0 radical (unpaired) electrons. The van der Waals surface area contributed by atoms with E-state index in [4.69, 9.17) is 0 Å². The maximum absolute atomic E-state index is 2.26. The molecule has 0 aliphatic rings. The van der Waals surface area contributed by atoms with Crippen LogP contribution in [0.5, 0.6) is 0 Å². The SMILES string of the molecule is CC.c1ccc(-c2ccc(-c3cccc(-c4ccccc4)c3)cc2)cc1. The highest BCUT2D eigenvalue weighted by molar-refractivity contribution is 5.75. The van der Waals surface area contributed by atoms with Crippen LogP contribution in [0, 0.1) is 0 Å². The number of rotatable bonds is 3. The molecule has 0 amide bonds. The van der Waals surface area contributed by atoms with Gasteiger partial charge in [0, 0.05) is 0 Å². The summed E-state index contributed by atoms with van der Waals surface area (Å²) in [6.45, 7) is 4.00. The molecule has 128 valence electrons. The van der Waals surface area contributed by atoms with Crippen LogP contribution in [0.15, 0.2) is 109 Å². The summed E-state index contributed by atoms with van der Waals surface area (Å²) >= 11 is 0. The summed E-state index contributed by atoms with van der Waals surface area (Å²) in [4.78, 5) is 0. The molecule has 0 spiro atoms. The van der Waals surface area contributed by atoms with Crippen molar-refractivity contribution in [2.24, 2.45) is 0 Å². The molecule has 0 aliphatic heterocycles. The van der Waals surface area contributed by atoms with Crippen molar-refractivity contribution in [2.75, 3.05) is 0 Å². The lowest BCUT2D eigenvalue weighted by Gasteiger charge is -2.07. The predicted octanol–water partition coefficient (Wildman–Crippen LogP) is 7.71.